The quantitative estimate of drug-likeness (QED) is 0.285. The van der Waals surface area contributed by atoms with Gasteiger partial charge >= 0.3 is 0 Å². The molecule has 0 fully saturated rings. The van der Waals surface area contributed by atoms with Crippen LogP contribution in [0.3, 0.4) is 0 Å². The fourth-order valence-corrected chi connectivity index (χ4v) is 4.30. The van der Waals surface area contributed by atoms with Crippen molar-refractivity contribution < 1.29 is 19.1 Å². The topological polar surface area (TPSA) is 85.7 Å². The van der Waals surface area contributed by atoms with Crippen molar-refractivity contribution in [2.45, 2.75) is 33.2 Å². The normalized spacial score (nSPS) is 11.5. The summed E-state index contributed by atoms with van der Waals surface area (Å²) < 4.78 is 12.7. The Bertz CT molecular complexity index is 1450. The molecule has 3 aromatic carbocycles. The second-order valence-electron chi connectivity index (χ2n) is 9.33. The van der Waals surface area contributed by atoms with Crippen LogP contribution >= 0.6 is 0 Å². The minimum absolute atomic E-state index is 0.110. The lowest BCUT2D eigenvalue weighted by atomic mass is 10.1. The Kier molecular flexibility index (Phi) is 8.66. The van der Waals surface area contributed by atoms with Gasteiger partial charge in [0, 0.05) is 29.4 Å². The van der Waals surface area contributed by atoms with Gasteiger partial charge in [-0.1, -0.05) is 55.0 Å². The Morgan fingerprint density at radius 3 is 2.38 bits per heavy atom. The van der Waals surface area contributed by atoms with Crippen molar-refractivity contribution in [3.8, 4) is 28.4 Å². The fourth-order valence-electron chi connectivity index (χ4n) is 4.30. The lowest BCUT2D eigenvalue weighted by Gasteiger charge is -2.28. The molecule has 2 amide bonds. The van der Waals surface area contributed by atoms with Crippen LogP contribution in [-0.2, 0) is 4.79 Å². The molecule has 0 saturated heterocycles. The van der Waals surface area contributed by atoms with E-state index in [9.17, 15) is 9.59 Å². The minimum atomic E-state index is -0.344. The van der Waals surface area contributed by atoms with Gasteiger partial charge in [-0.2, -0.15) is 0 Å². The Labute approximate surface area is 229 Å². The molecule has 0 radical (unpaired) electrons. The highest BCUT2D eigenvalue weighted by Gasteiger charge is 2.24. The molecule has 1 unspecified atom stereocenters. The van der Waals surface area contributed by atoms with E-state index in [-0.39, 0.29) is 24.4 Å². The first-order valence-corrected chi connectivity index (χ1v) is 12.9. The Morgan fingerprint density at radius 2 is 1.72 bits per heavy atom. The van der Waals surface area contributed by atoms with Gasteiger partial charge in [0.05, 0.1) is 25.6 Å². The van der Waals surface area contributed by atoms with Gasteiger partial charge in [-0.15, -0.1) is 0 Å². The van der Waals surface area contributed by atoms with E-state index in [1.807, 2.05) is 87.6 Å². The van der Waals surface area contributed by atoms with E-state index in [2.05, 4.69) is 5.32 Å². The van der Waals surface area contributed by atoms with Gasteiger partial charge in [0.2, 0.25) is 11.9 Å². The van der Waals surface area contributed by atoms with Crippen molar-refractivity contribution in [1.29, 1.82) is 0 Å². The second kappa shape index (κ2) is 12.3. The zero-order valence-corrected chi connectivity index (χ0v) is 23.0. The number of hydrogen-bond acceptors (Lipinski definition) is 5. The van der Waals surface area contributed by atoms with Gasteiger partial charge in [-0.25, -0.2) is 4.98 Å². The Balaban J connectivity index is 1.67. The predicted molar refractivity (Wildman–Crippen MR) is 153 cm³/mol. The van der Waals surface area contributed by atoms with Crippen LogP contribution in [0.15, 0.2) is 79.0 Å². The van der Waals surface area contributed by atoms with E-state index in [0.717, 1.165) is 16.8 Å². The molecule has 0 bridgehead atoms. The van der Waals surface area contributed by atoms with Gasteiger partial charge in [-0.05, 0) is 44.5 Å². The van der Waals surface area contributed by atoms with E-state index >= 15 is 0 Å². The number of rotatable bonds is 10. The van der Waals surface area contributed by atoms with Crippen molar-refractivity contribution in [3.05, 3.63) is 90.1 Å². The monoisotopic (exact) mass is 526 g/mol. The van der Waals surface area contributed by atoms with Crippen LogP contribution in [0, 0.1) is 6.92 Å². The molecule has 0 aliphatic carbocycles. The van der Waals surface area contributed by atoms with Crippen LogP contribution < -0.4 is 14.8 Å². The smallest absolute Gasteiger partial charge is 0.254 e. The molecule has 4 aromatic rings. The number of carbonyl (C=O) groups is 2. The van der Waals surface area contributed by atoms with Crippen LogP contribution in [0.4, 0.5) is 5.95 Å². The number of aromatic nitrogens is 2. The molecule has 0 spiro atoms. The maximum atomic E-state index is 13.4. The molecule has 0 saturated carbocycles. The summed E-state index contributed by atoms with van der Waals surface area (Å²) in [6.45, 7) is 5.77. The summed E-state index contributed by atoms with van der Waals surface area (Å²) in [4.78, 5) is 33.1. The predicted octanol–water partition coefficient (Wildman–Crippen LogP) is 5.74. The number of hydrogen-bond donors (Lipinski definition) is 1. The molecule has 1 atom stereocenters. The van der Waals surface area contributed by atoms with Crippen molar-refractivity contribution >= 4 is 17.8 Å². The SMILES string of the molecule is CCC(C)N(CC(=O)Nc1nc(-c2ccccc2)cn1-c1ccc(OC)c(OC)c1)C(=O)c1cccc(C)c1. The van der Waals surface area contributed by atoms with Gasteiger partial charge in [-0.3, -0.25) is 19.5 Å². The van der Waals surface area contributed by atoms with Crippen LogP contribution in [0.2, 0.25) is 0 Å². The lowest BCUT2D eigenvalue weighted by Crippen LogP contribution is -2.43. The van der Waals surface area contributed by atoms with Gasteiger partial charge in [0.25, 0.3) is 5.91 Å². The maximum Gasteiger partial charge on any atom is 0.254 e. The molecule has 0 aliphatic rings. The number of aryl methyl sites for hydroxylation is 1. The molecule has 8 nitrogen and oxygen atoms in total. The summed E-state index contributed by atoms with van der Waals surface area (Å²) in [5.41, 5.74) is 3.87. The molecule has 4 rings (SSSR count). The van der Waals surface area contributed by atoms with Crippen LogP contribution in [0.1, 0.15) is 36.2 Å². The summed E-state index contributed by atoms with van der Waals surface area (Å²) in [5, 5.41) is 2.94. The summed E-state index contributed by atoms with van der Waals surface area (Å²) in [6.07, 6.45) is 2.57. The molecule has 1 aromatic heterocycles. The molecule has 1 heterocycles. The molecule has 39 heavy (non-hydrogen) atoms. The molecular weight excluding hydrogens is 492 g/mol. The first-order chi connectivity index (χ1) is 18.8. The average Bonchev–Trinajstić information content (AvgIpc) is 3.38. The first-order valence-electron chi connectivity index (χ1n) is 12.9. The third-order valence-corrected chi connectivity index (χ3v) is 6.63. The first kappa shape index (κ1) is 27.4. The third-order valence-electron chi connectivity index (χ3n) is 6.63. The fraction of sp³-hybridized carbons (Fsp3) is 0.258. The Morgan fingerprint density at radius 1 is 0.974 bits per heavy atom. The number of nitrogens with one attached hydrogen (secondary N) is 1. The van der Waals surface area contributed by atoms with Crippen LogP contribution in [-0.4, -0.2) is 53.1 Å². The number of imidazole rings is 1. The van der Waals surface area contributed by atoms with E-state index < -0.39 is 0 Å². The van der Waals surface area contributed by atoms with Gasteiger partial charge in [0.1, 0.15) is 6.54 Å². The van der Waals surface area contributed by atoms with E-state index in [4.69, 9.17) is 14.5 Å². The summed E-state index contributed by atoms with van der Waals surface area (Å²) in [7, 11) is 3.15. The highest BCUT2D eigenvalue weighted by molar-refractivity contribution is 5.99. The highest BCUT2D eigenvalue weighted by atomic mass is 16.5. The van der Waals surface area contributed by atoms with Gasteiger partial charge in [0.15, 0.2) is 11.5 Å². The highest BCUT2D eigenvalue weighted by Crippen LogP contribution is 2.32. The largest absolute Gasteiger partial charge is 0.493 e. The molecule has 0 aliphatic heterocycles. The van der Waals surface area contributed by atoms with Crippen molar-refractivity contribution in [3.63, 3.8) is 0 Å². The standard InChI is InChI=1S/C31H34N4O4/c1-6-22(3)34(30(37)24-14-10-11-21(2)17-24)20-29(36)33-31-32-26(23-12-8-7-9-13-23)19-35(31)25-15-16-27(38-4)28(18-25)39-5/h7-19,22H,6,20H2,1-5H3,(H,32,33,36). The van der Waals surface area contributed by atoms with E-state index in [0.29, 0.717) is 35.1 Å². The van der Waals surface area contributed by atoms with E-state index in [1.54, 1.807) is 35.8 Å². The summed E-state index contributed by atoms with van der Waals surface area (Å²) >= 11 is 0. The summed E-state index contributed by atoms with van der Waals surface area (Å²) in [5.74, 6) is 0.945. The third kappa shape index (κ3) is 6.29. The molecule has 1 N–H and O–H groups in total. The van der Waals surface area contributed by atoms with E-state index in [1.165, 1.54) is 0 Å². The van der Waals surface area contributed by atoms with Crippen LogP contribution in [0.25, 0.3) is 16.9 Å². The molecule has 202 valence electrons. The number of nitrogens with zero attached hydrogens (tertiary/aromatic N) is 3. The number of methoxy groups -OCH3 is 2. The second-order valence-corrected chi connectivity index (χ2v) is 9.33. The number of ether oxygens (including phenoxy) is 2. The van der Waals surface area contributed by atoms with Gasteiger partial charge < -0.3 is 14.4 Å². The minimum Gasteiger partial charge on any atom is -0.493 e. The zero-order chi connectivity index (χ0) is 27.9. The number of benzene rings is 3. The lowest BCUT2D eigenvalue weighted by molar-refractivity contribution is -0.117. The molecular formula is C31H34N4O4. The maximum absolute atomic E-state index is 13.4. The van der Waals surface area contributed by atoms with Crippen molar-refractivity contribution in [2.24, 2.45) is 0 Å². The number of anilines is 1. The Hall–Kier alpha value is -4.59. The molecule has 8 heteroatoms. The van der Waals surface area contributed by atoms with Crippen molar-refractivity contribution in [1.82, 2.24) is 14.5 Å². The van der Waals surface area contributed by atoms with Crippen molar-refractivity contribution in [2.75, 3.05) is 26.1 Å². The average molecular weight is 527 g/mol. The number of amides is 2. The van der Waals surface area contributed by atoms with Crippen LogP contribution in [0.5, 0.6) is 11.5 Å². The zero-order valence-electron chi connectivity index (χ0n) is 23.0. The summed E-state index contributed by atoms with van der Waals surface area (Å²) in [6, 6.07) is 22.5. The number of carbonyl (C=O) groups excluding carboxylic acids is 2.